The monoisotopic (exact) mass is 457 g/mol. The number of carbonyl (C=O) groups excluding carboxylic acids is 1. The van der Waals surface area contributed by atoms with Crippen molar-refractivity contribution in [2.45, 2.75) is 51.3 Å². The molecule has 1 heterocycles. The molecule has 0 aliphatic carbocycles. The van der Waals surface area contributed by atoms with Gasteiger partial charge >= 0.3 is 0 Å². The number of para-hydroxylation sites is 1. The van der Waals surface area contributed by atoms with Crippen molar-refractivity contribution in [3.63, 3.8) is 0 Å². The first-order valence-corrected chi connectivity index (χ1v) is 13.0. The minimum atomic E-state index is -3.52. The van der Waals surface area contributed by atoms with Gasteiger partial charge in [0.05, 0.1) is 11.4 Å². The lowest BCUT2D eigenvalue weighted by atomic mass is 9.98. The molecule has 0 bridgehead atoms. The molecule has 174 valence electrons. The number of amides is 1. The molecular formula is C25H35N3O3S. The third kappa shape index (κ3) is 6.40. The standard InChI is InChI=1S/C25H35N3O3S/c1-4-21-9-6-10-22(5-2)25(21)27-24(29)18-28-15-7-8-20(17-28)16-26-32(30,31)23-13-11-19(3)12-14-23/h6,9-14,20,26H,4-5,7-8,15-18H2,1-3H3,(H,27,29). The van der Waals surface area contributed by atoms with Crippen molar-refractivity contribution in [2.24, 2.45) is 5.92 Å². The molecule has 3 rings (SSSR count). The summed E-state index contributed by atoms with van der Waals surface area (Å²) in [4.78, 5) is 15.2. The molecule has 1 fully saturated rings. The highest BCUT2D eigenvalue weighted by molar-refractivity contribution is 7.89. The van der Waals surface area contributed by atoms with E-state index in [1.54, 1.807) is 24.3 Å². The lowest BCUT2D eigenvalue weighted by molar-refractivity contribution is -0.117. The van der Waals surface area contributed by atoms with E-state index in [-0.39, 0.29) is 16.7 Å². The minimum Gasteiger partial charge on any atom is -0.324 e. The number of aryl methyl sites for hydroxylation is 3. The molecule has 0 aromatic heterocycles. The molecule has 1 atom stereocenters. The third-order valence-electron chi connectivity index (χ3n) is 6.13. The second-order valence-electron chi connectivity index (χ2n) is 8.61. The Balaban J connectivity index is 1.55. The first-order valence-electron chi connectivity index (χ1n) is 11.5. The van der Waals surface area contributed by atoms with Crippen LogP contribution in [0.25, 0.3) is 0 Å². The van der Waals surface area contributed by atoms with Gasteiger partial charge in [0.2, 0.25) is 15.9 Å². The Hall–Kier alpha value is -2.22. The van der Waals surface area contributed by atoms with Crippen LogP contribution in [0.2, 0.25) is 0 Å². The van der Waals surface area contributed by atoms with Gasteiger partial charge in [-0.05, 0) is 68.3 Å². The van der Waals surface area contributed by atoms with Crippen molar-refractivity contribution in [3.05, 3.63) is 59.2 Å². The molecule has 32 heavy (non-hydrogen) atoms. The van der Waals surface area contributed by atoms with Crippen LogP contribution >= 0.6 is 0 Å². The highest BCUT2D eigenvalue weighted by Crippen LogP contribution is 2.23. The molecule has 0 spiro atoms. The van der Waals surface area contributed by atoms with E-state index in [0.29, 0.717) is 19.6 Å². The number of hydrogen-bond donors (Lipinski definition) is 2. The average molecular weight is 458 g/mol. The molecule has 7 heteroatoms. The second kappa shape index (κ2) is 11.1. The van der Waals surface area contributed by atoms with E-state index in [4.69, 9.17) is 0 Å². The number of rotatable bonds is 9. The van der Waals surface area contributed by atoms with Crippen LogP contribution in [0.4, 0.5) is 5.69 Å². The minimum absolute atomic E-state index is 0.0125. The van der Waals surface area contributed by atoms with E-state index in [1.165, 1.54) is 0 Å². The fraction of sp³-hybridized carbons (Fsp3) is 0.480. The molecule has 1 aliphatic heterocycles. The van der Waals surface area contributed by atoms with Crippen LogP contribution < -0.4 is 10.0 Å². The summed E-state index contributed by atoms with van der Waals surface area (Å²) in [6, 6.07) is 13.0. The normalized spacial score (nSPS) is 17.3. The van der Waals surface area contributed by atoms with E-state index in [9.17, 15) is 13.2 Å². The topological polar surface area (TPSA) is 78.5 Å². The van der Waals surface area contributed by atoms with Crippen LogP contribution in [0.3, 0.4) is 0 Å². The van der Waals surface area contributed by atoms with Crippen LogP contribution in [-0.4, -0.2) is 45.4 Å². The molecule has 1 unspecified atom stereocenters. The molecule has 2 N–H and O–H groups in total. The van der Waals surface area contributed by atoms with E-state index in [2.05, 4.69) is 40.9 Å². The van der Waals surface area contributed by atoms with E-state index >= 15 is 0 Å². The van der Waals surface area contributed by atoms with Crippen LogP contribution in [0, 0.1) is 12.8 Å². The number of likely N-dealkylation sites (tertiary alicyclic amines) is 1. The van der Waals surface area contributed by atoms with Crippen LogP contribution in [0.1, 0.15) is 43.4 Å². The van der Waals surface area contributed by atoms with Crippen molar-refractivity contribution < 1.29 is 13.2 Å². The number of piperidine rings is 1. The summed E-state index contributed by atoms with van der Waals surface area (Å²) in [5.41, 5.74) is 4.28. The van der Waals surface area contributed by atoms with Crippen molar-refractivity contribution >= 4 is 21.6 Å². The van der Waals surface area contributed by atoms with Gasteiger partial charge in [-0.3, -0.25) is 9.69 Å². The molecule has 0 radical (unpaired) electrons. The fourth-order valence-electron chi connectivity index (χ4n) is 4.27. The van der Waals surface area contributed by atoms with Crippen molar-refractivity contribution in [2.75, 3.05) is 31.5 Å². The Bertz CT molecular complexity index is 997. The van der Waals surface area contributed by atoms with E-state index < -0.39 is 10.0 Å². The summed E-state index contributed by atoms with van der Waals surface area (Å²) >= 11 is 0. The largest absolute Gasteiger partial charge is 0.324 e. The predicted octanol–water partition coefficient (Wildman–Crippen LogP) is 3.75. The summed E-state index contributed by atoms with van der Waals surface area (Å²) in [6.45, 7) is 8.38. The fourth-order valence-corrected chi connectivity index (χ4v) is 5.39. The van der Waals surface area contributed by atoms with Crippen LogP contribution in [0.5, 0.6) is 0 Å². The van der Waals surface area contributed by atoms with Crippen molar-refractivity contribution in [1.82, 2.24) is 9.62 Å². The Morgan fingerprint density at radius 3 is 2.34 bits per heavy atom. The number of nitrogens with one attached hydrogen (secondary N) is 2. The van der Waals surface area contributed by atoms with Crippen LogP contribution in [-0.2, 0) is 27.7 Å². The van der Waals surface area contributed by atoms with E-state index in [1.807, 2.05) is 13.0 Å². The maximum absolute atomic E-state index is 12.8. The highest BCUT2D eigenvalue weighted by atomic mass is 32.2. The molecule has 1 amide bonds. The Morgan fingerprint density at radius 2 is 1.72 bits per heavy atom. The Labute approximate surface area is 192 Å². The van der Waals surface area contributed by atoms with Gasteiger partial charge in [0, 0.05) is 18.8 Å². The van der Waals surface area contributed by atoms with Crippen LogP contribution in [0.15, 0.2) is 47.4 Å². The second-order valence-corrected chi connectivity index (χ2v) is 10.4. The predicted molar refractivity (Wildman–Crippen MR) is 129 cm³/mol. The van der Waals surface area contributed by atoms with Gasteiger partial charge in [-0.15, -0.1) is 0 Å². The zero-order valence-corrected chi connectivity index (χ0v) is 20.2. The van der Waals surface area contributed by atoms with E-state index in [0.717, 1.165) is 54.6 Å². The maximum Gasteiger partial charge on any atom is 0.240 e. The lowest BCUT2D eigenvalue weighted by Crippen LogP contribution is -2.44. The number of hydrogen-bond acceptors (Lipinski definition) is 4. The zero-order valence-electron chi connectivity index (χ0n) is 19.4. The molecule has 2 aromatic rings. The van der Waals surface area contributed by atoms with Gasteiger partial charge in [-0.2, -0.15) is 0 Å². The zero-order chi connectivity index (χ0) is 23.1. The summed E-state index contributed by atoms with van der Waals surface area (Å²) in [6.07, 6.45) is 3.65. The number of carbonyl (C=O) groups is 1. The molecule has 1 aliphatic rings. The summed E-state index contributed by atoms with van der Waals surface area (Å²) in [7, 11) is -3.52. The van der Waals surface area contributed by atoms with Crippen molar-refractivity contribution in [1.29, 1.82) is 0 Å². The van der Waals surface area contributed by atoms with Gasteiger partial charge in [-0.25, -0.2) is 13.1 Å². The van der Waals surface area contributed by atoms with Gasteiger partial charge in [0.15, 0.2) is 0 Å². The quantitative estimate of drug-likeness (QED) is 0.601. The third-order valence-corrected chi connectivity index (χ3v) is 7.57. The lowest BCUT2D eigenvalue weighted by Gasteiger charge is -2.32. The Kier molecular flexibility index (Phi) is 8.45. The molecule has 2 aromatic carbocycles. The first-order chi connectivity index (χ1) is 15.3. The van der Waals surface area contributed by atoms with Gasteiger partial charge in [-0.1, -0.05) is 49.7 Å². The van der Waals surface area contributed by atoms with Crippen molar-refractivity contribution in [3.8, 4) is 0 Å². The summed E-state index contributed by atoms with van der Waals surface area (Å²) < 4.78 is 27.9. The molecular weight excluding hydrogens is 422 g/mol. The number of benzene rings is 2. The van der Waals surface area contributed by atoms with Gasteiger partial charge in [0.25, 0.3) is 0 Å². The molecule has 0 saturated carbocycles. The maximum atomic E-state index is 12.8. The SMILES string of the molecule is CCc1cccc(CC)c1NC(=O)CN1CCCC(CNS(=O)(=O)c2ccc(C)cc2)C1. The number of anilines is 1. The molecule has 1 saturated heterocycles. The highest BCUT2D eigenvalue weighted by Gasteiger charge is 2.24. The first kappa shape index (κ1) is 24.4. The summed E-state index contributed by atoms with van der Waals surface area (Å²) in [5.74, 6) is 0.174. The van der Waals surface area contributed by atoms with Gasteiger partial charge in [0.1, 0.15) is 0 Å². The molecule has 6 nitrogen and oxygen atoms in total. The number of nitrogens with zero attached hydrogens (tertiary/aromatic N) is 1. The van der Waals surface area contributed by atoms with Gasteiger partial charge < -0.3 is 5.32 Å². The number of sulfonamides is 1. The summed E-state index contributed by atoms with van der Waals surface area (Å²) in [5, 5.41) is 3.13. The smallest absolute Gasteiger partial charge is 0.240 e. The average Bonchev–Trinajstić information content (AvgIpc) is 2.78. The Morgan fingerprint density at radius 1 is 1.06 bits per heavy atom.